The summed E-state index contributed by atoms with van der Waals surface area (Å²) in [6.45, 7) is 3.77. The number of halogens is 1. The van der Waals surface area contributed by atoms with E-state index in [0.717, 1.165) is 16.8 Å². The van der Waals surface area contributed by atoms with Crippen molar-refractivity contribution in [2.75, 3.05) is 18.5 Å². The molecule has 7 heteroatoms. The highest BCUT2D eigenvalue weighted by molar-refractivity contribution is 6.30. The van der Waals surface area contributed by atoms with Gasteiger partial charge in [0.15, 0.2) is 6.61 Å². The van der Waals surface area contributed by atoms with Crippen LogP contribution in [0, 0.1) is 13.8 Å². The molecule has 0 heterocycles. The van der Waals surface area contributed by atoms with Gasteiger partial charge >= 0.3 is 5.97 Å². The molecule has 28 heavy (non-hydrogen) atoms. The summed E-state index contributed by atoms with van der Waals surface area (Å²) < 4.78 is 4.98. The van der Waals surface area contributed by atoms with E-state index >= 15 is 0 Å². The van der Waals surface area contributed by atoms with E-state index in [1.54, 1.807) is 24.3 Å². The van der Waals surface area contributed by atoms with Crippen molar-refractivity contribution < 1.29 is 19.1 Å². The summed E-state index contributed by atoms with van der Waals surface area (Å²) >= 11 is 5.78. The Morgan fingerprint density at radius 1 is 1.00 bits per heavy atom. The number of ether oxygens (including phenoxy) is 1. The van der Waals surface area contributed by atoms with Gasteiger partial charge in [-0.2, -0.15) is 0 Å². The third-order valence-electron chi connectivity index (χ3n) is 4.06. The van der Waals surface area contributed by atoms with Gasteiger partial charge in [-0.15, -0.1) is 0 Å². The SMILES string of the molecule is Cc1cccc(C)c1NC(=O)COC(=O)CCCNC(=O)c1ccc(Cl)cc1. The lowest BCUT2D eigenvalue weighted by molar-refractivity contribution is -0.147. The third-order valence-corrected chi connectivity index (χ3v) is 4.31. The number of para-hydroxylation sites is 1. The molecule has 0 atom stereocenters. The van der Waals surface area contributed by atoms with Gasteiger partial charge in [0.25, 0.3) is 11.8 Å². The first-order valence-corrected chi connectivity index (χ1v) is 9.30. The van der Waals surface area contributed by atoms with Crippen LogP contribution in [0.4, 0.5) is 5.69 Å². The van der Waals surface area contributed by atoms with E-state index in [0.29, 0.717) is 23.6 Å². The van der Waals surface area contributed by atoms with Gasteiger partial charge in [-0.05, 0) is 55.7 Å². The summed E-state index contributed by atoms with van der Waals surface area (Å²) in [6, 6.07) is 12.2. The number of anilines is 1. The molecule has 2 N–H and O–H groups in total. The highest BCUT2D eigenvalue weighted by Crippen LogP contribution is 2.19. The van der Waals surface area contributed by atoms with Crippen LogP contribution in [0.2, 0.25) is 5.02 Å². The number of nitrogens with one attached hydrogen (secondary N) is 2. The Balaban J connectivity index is 1.65. The number of esters is 1. The second-order valence-electron chi connectivity index (χ2n) is 6.34. The quantitative estimate of drug-likeness (QED) is 0.521. The molecule has 148 valence electrons. The van der Waals surface area contributed by atoms with Crippen molar-refractivity contribution in [2.24, 2.45) is 0 Å². The predicted octanol–water partition coefficient (Wildman–Crippen LogP) is 3.65. The largest absolute Gasteiger partial charge is 0.456 e. The van der Waals surface area contributed by atoms with E-state index in [2.05, 4.69) is 10.6 Å². The highest BCUT2D eigenvalue weighted by atomic mass is 35.5. The van der Waals surface area contributed by atoms with Crippen molar-refractivity contribution in [3.63, 3.8) is 0 Å². The minimum atomic E-state index is -0.489. The average Bonchev–Trinajstić information content (AvgIpc) is 2.67. The molecule has 0 saturated heterocycles. The fourth-order valence-electron chi connectivity index (χ4n) is 2.54. The Kier molecular flexibility index (Phi) is 8.02. The molecule has 2 aromatic carbocycles. The first kappa shape index (κ1) is 21.4. The summed E-state index contributed by atoms with van der Waals surface area (Å²) in [5.41, 5.74) is 3.11. The van der Waals surface area contributed by atoms with E-state index in [1.807, 2.05) is 32.0 Å². The number of benzene rings is 2. The standard InChI is InChI=1S/C21H23ClN2O4/c1-14-5-3-6-15(2)20(14)24-18(25)13-28-19(26)7-4-12-23-21(27)16-8-10-17(22)11-9-16/h3,5-6,8-11H,4,7,12-13H2,1-2H3,(H,23,27)(H,24,25). The molecular weight excluding hydrogens is 380 g/mol. The lowest BCUT2D eigenvalue weighted by Gasteiger charge is -2.11. The lowest BCUT2D eigenvalue weighted by atomic mass is 10.1. The molecule has 0 radical (unpaired) electrons. The van der Waals surface area contributed by atoms with Crippen molar-refractivity contribution in [1.82, 2.24) is 5.32 Å². The van der Waals surface area contributed by atoms with Crippen LogP contribution < -0.4 is 10.6 Å². The molecule has 0 aliphatic rings. The number of aryl methyl sites for hydroxylation is 2. The van der Waals surface area contributed by atoms with Crippen LogP contribution in [0.1, 0.15) is 34.3 Å². The van der Waals surface area contributed by atoms with Crippen LogP contribution >= 0.6 is 11.6 Å². The number of amides is 2. The Morgan fingerprint density at radius 3 is 2.29 bits per heavy atom. The molecule has 2 aromatic rings. The molecule has 0 spiro atoms. The fraction of sp³-hybridized carbons (Fsp3) is 0.286. The second kappa shape index (κ2) is 10.5. The number of rotatable bonds is 8. The van der Waals surface area contributed by atoms with E-state index in [9.17, 15) is 14.4 Å². The van der Waals surface area contributed by atoms with Crippen molar-refractivity contribution in [3.8, 4) is 0 Å². The first-order chi connectivity index (χ1) is 13.4. The van der Waals surface area contributed by atoms with Crippen LogP contribution in [0.25, 0.3) is 0 Å². The summed E-state index contributed by atoms with van der Waals surface area (Å²) in [7, 11) is 0. The average molecular weight is 403 g/mol. The van der Waals surface area contributed by atoms with Gasteiger partial charge in [0, 0.05) is 29.2 Å². The molecule has 0 unspecified atom stereocenters. The van der Waals surface area contributed by atoms with E-state index in [1.165, 1.54) is 0 Å². The maximum atomic E-state index is 12.0. The van der Waals surface area contributed by atoms with Crippen LogP contribution in [-0.4, -0.2) is 30.9 Å². The molecule has 2 rings (SSSR count). The van der Waals surface area contributed by atoms with Gasteiger partial charge in [0.05, 0.1) is 0 Å². The fourth-order valence-corrected chi connectivity index (χ4v) is 2.67. The van der Waals surface area contributed by atoms with Gasteiger partial charge in [-0.3, -0.25) is 14.4 Å². The van der Waals surface area contributed by atoms with Crippen molar-refractivity contribution in [3.05, 3.63) is 64.2 Å². The molecule has 0 aliphatic carbocycles. The lowest BCUT2D eigenvalue weighted by Crippen LogP contribution is -2.25. The molecule has 0 bridgehead atoms. The maximum Gasteiger partial charge on any atom is 0.306 e. The van der Waals surface area contributed by atoms with E-state index < -0.39 is 5.97 Å². The monoisotopic (exact) mass is 402 g/mol. The van der Waals surface area contributed by atoms with Gasteiger partial charge in [0.1, 0.15) is 0 Å². The summed E-state index contributed by atoms with van der Waals surface area (Å²) in [5, 5.41) is 6.03. The van der Waals surface area contributed by atoms with Gasteiger partial charge in [0.2, 0.25) is 0 Å². The molecule has 0 aliphatic heterocycles. The number of carbonyl (C=O) groups excluding carboxylic acids is 3. The zero-order valence-corrected chi connectivity index (χ0v) is 16.6. The van der Waals surface area contributed by atoms with Crippen LogP contribution in [0.3, 0.4) is 0 Å². The van der Waals surface area contributed by atoms with Crippen LogP contribution in [0.15, 0.2) is 42.5 Å². The summed E-state index contributed by atoms with van der Waals surface area (Å²) in [5.74, 6) is -1.11. The second-order valence-corrected chi connectivity index (χ2v) is 6.78. The third kappa shape index (κ3) is 6.70. The smallest absolute Gasteiger partial charge is 0.306 e. The summed E-state index contributed by atoms with van der Waals surface area (Å²) in [6.07, 6.45) is 0.522. The van der Waals surface area contributed by atoms with Crippen molar-refractivity contribution >= 4 is 35.1 Å². The predicted molar refractivity (Wildman–Crippen MR) is 109 cm³/mol. The summed E-state index contributed by atoms with van der Waals surface area (Å²) in [4.78, 5) is 35.6. The van der Waals surface area contributed by atoms with E-state index in [4.69, 9.17) is 16.3 Å². The molecule has 2 amide bonds. The number of hydrogen-bond acceptors (Lipinski definition) is 4. The maximum absolute atomic E-state index is 12.0. The first-order valence-electron chi connectivity index (χ1n) is 8.92. The number of carbonyl (C=O) groups is 3. The van der Waals surface area contributed by atoms with Crippen molar-refractivity contribution in [1.29, 1.82) is 0 Å². The Labute approximate surface area is 169 Å². The van der Waals surface area contributed by atoms with Gasteiger partial charge < -0.3 is 15.4 Å². The zero-order chi connectivity index (χ0) is 20.5. The highest BCUT2D eigenvalue weighted by Gasteiger charge is 2.11. The molecule has 0 fully saturated rings. The Hall–Kier alpha value is -2.86. The zero-order valence-electron chi connectivity index (χ0n) is 15.9. The topological polar surface area (TPSA) is 84.5 Å². The number of hydrogen-bond donors (Lipinski definition) is 2. The molecule has 6 nitrogen and oxygen atoms in total. The van der Waals surface area contributed by atoms with Crippen LogP contribution in [0.5, 0.6) is 0 Å². The van der Waals surface area contributed by atoms with Gasteiger partial charge in [-0.25, -0.2) is 0 Å². The molecule has 0 saturated carbocycles. The minimum Gasteiger partial charge on any atom is -0.456 e. The molecular formula is C21H23ClN2O4. The molecule has 0 aromatic heterocycles. The normalized spacial score (nSPS) is 10.2. The van der Waals surface area contributed by atoms with Gasteiger partial charge in [-0.1, -0.05) is 29.8 Å². The minimum absolute atomic E-state index is 0.109. The van der Waals surface area contributed by atoms with Crippen LogP contribution in [-0.2, 0) is 14.3 Å². The Morgan fingerprint density at radius 2 is 1.64 bits per heavy atom. The Bertz CT molecular complexity index is 830. The van der Waals surface area contributed by atoms with E-state index in [-0.39, 0.29) is 24.8 Å². The van der Waals surface area contributed by atoms with Crippen molar-refractivity contribution in [2.45, 2.75) is 26.7 Å².